The van der Waals surface area contributed by atoms with E-state index in [4.69, 9.17) is 0 Å². The van der Waals surface area contributed by atoms with Crippen LogP contribution in [0.25, 0.3) is 0 Å². The number of amides is 2. The number of aliphatic imine (C=N–C) groups is 1. The van der Waals surface area contributed by atoms with Crippen LogP contribution < -0.4 is 10.6 Å². The second-order valence-electron chi connectivity index (χ2n) is 8.22. The van der Waals surface area contributed by atoms with Gasteiger partial charge in [0.2, 0.25) is 11.8 Å². The number of carbonyl (C=O) groups is 2. The Hall–Kier alpha value is -2.64. The zero-order valence-electron chi connectivity index (χ0n) is 17.6. The molecule has 2 heterocycles. The summed E-state index contributed by atoms with van der Waals surface area (Å²) in [7, 11) is 1.93. The summed E-state index contributed by atoms with van der Waals surface area (Å²) < 4.78 is 1.87. The summed E-state index contributed by atoms with van der Waals surface area (Å²) in [6.07, 6.45) is 5.21. The van der Waals surface area contributed by atoms with E-state index >= 15 is 0 Å². The van der Waals surface area contributed by atoms with Gasteiger partial charge in [-0.2, -0.15) is 5.10 Å². The molecule has 4 atom stereocenters. The Kier molecular flexibility index (Phi) is 5.19. The Balaban J connectivity index is 1.36. The van der Waals surface area contributed by atoms with Gasteiger partial charge >= 0.3 is 0 Å². The summed E-state index contributed by atoms with van der Waals surface area (Å²) in [4.78, 5) is 31.6. The summed E-state index contributed by atoms with van der Waals surface area (Å²) in [5, 5.41) is 10.9. The summed E-state index contributed by atoms with van der Waals surface area (Å²) in [6, 6.07) is 0. The Labute approximate surface area is 171 Å². The lowest BCUT2D eigenvalue weighted by molar-refractivity contribution is -0.140. The smallest absolute Gasteiger partial charge is 0.233 e. The van der Waals surface area contributed by atoms with Crippen LogP contribution in [0.2, 0.25) is 0 Å². The molecular formula is C21H30N6O2. The van der Waals surface area contributed by atoms with Gasteiger partial charge in [0.05, 0.1) is 24.1 Å². The number of nitrogens with zero attached hydrogens (tertiary/aromatic N) is 4. The molecule has 2 bridgehead atoms. The van der Waals surface area contributed by atoms with Crippen LogP contribution in [-0.4, -0.2) is 52.1 Å². The first-order valence-electron chi connectivity index (χ1n) is 10.5. The first-order valence-corrected chi connectivity index (χ1v) is 10.5. The molecule has 1 saturated heterocycles. The fourth-order valence-corrected chi connectivity index (χ4v) is 5.02. The number of hydrogen-bond acceptors (Lipinski definition) is 4. The molecule has 4 rings (SSSR count). The van der Waals surface area contributed by atoms with Crippen molar-refractivity contribution in [1.29, 1.82) is 0 Å². The number of likely N-dealkylation sites (tertiary alicyclic amines) is 1. The van der Waals surface area contributed by atoms with Crippen LogP contribution in [0.15, 0.2) is 17.1 Å². The number of guanidine groups is 1. The predicted octanol–water partition coefficient (Wildman–Crippen LogP) is 0.899. The average Bonchev–Trinajstić information content (AvgIpc) is 3.41. The normalized spacial score (nSPS) is 27.9. The molecule has 8 nitrogen and oxygen atoms in total. The molecule has 0 aromatic carbocycles. The van der Waals surface area contributed by atoms with Crippen molar-refractivity contribution in [2.45, 2.75) is 33.7 Å². The lowest BCUT2D eigenvalue weighted by atomic mass is 9.85. The van der Waals surface area contributed by atoms with E-state index in [1.54, 1.807) is 0 Å². The number of aromatic nitrogens is 2. The second kappa shape index (κ2) is 7.65. The number of imide groups is 1. The molecule has 1 saturated carbocycles. The van der Waals surface area contributed by atoms with Crippen molar-refractivity contribution in [3.05, 3.63) is 29.1 Å². The number of aryl methyl sites for hydroxylation is 2. The minimum atomic E-state index is -0.129. The van der Waals surface area contributed by atoms with Gasteiger partial charge in [-0.3, -0.25) is 19.2 Å². The van der Waals surface area contributed by atoms with E-state index in [0.717, 1.165) is 29.9 Å². The predicted molar refractivity (Wildman–Crippen MR) is 110 cm³/mol. The highest BCUT2D eigenvalue weighted by molar-refractivity contribution is 6.06. The Morgan fingerprint density at radius 2 is 1.83 bits per heavy atom. The maximum atomic E-state index is 12.8. The molecule has 0 radical (unpaired) electrons. The Bertz CT molecular complexity index is 856. The third-order valence-electron chi connectivity index (χ3n) is 6.59. The van der Waals surface area contributed by atoms with E-state index in [0.29, 0.717) is 25.6 Å². The monoisotopic (exact) mass is 398 g/mol. The highest BCUT2D eigenvalue weighted by Crippen LogP contribution is 2.52. The molecule has 156 valence electrons. The van der Waals surface area contributed by atoms with E-state index in [9.17, 15) is 9.59 Å². The fourth-order valence-electron chi connectivity index (χ4n) is 5.02. The summed E-state index contributed by atoms with van der Waals surface area (Å²) in [5.41, 5.74) is 3.20. The zero-order chi connectivity index (χ0) is 20.7. The van der Waals surface area contributed by atoms with E-state index in [2.05, 4.69) is 32.9 Å². The molecule has 1 aromatic rings. The molecule has 4 unspecified atom stereocenters. The first-order chi connectivity index (χ1) is 13.9. The number of rotatable bonds is 6. The molecule has 2 N–H and O–H groups in total. The second-order valence-corrected chi connectivity index (χ2v) is 8.22. The van der Waals surface area contributed by atoms with Crippen molar-refractivity contribution >= 4 is 17.8 Å². The van der Waals surface area contributed by atoms with Crippen LogP contribution in [-0.2, 0) is 23.2 Å². The number of carbonyl (C=O) groups excluding carboxylic acids is 2. The molecule has 1 aromatic heterocycles. The first kappa shape index (κ1) is 19.7. The molecular weight excluding hydrogens is 368 g/mol. The molecule has 8 heteroatoms. The average molecular weight is 399 g/mol. The molecule has 2 amide bonds. The van der Waals surface area contributed by atoms with Gasteiger partial charge in [-0.25, -0.2) is 4.99 Å². The number of hydrogen-bond donors (Lipinski definition) is 2. The van der Waals surface area contributed by atoms with Crippen LogP contribution in [0.1, 0.15) is 30.3 Å². The van der Waals surface area contributed by atoms with Gasteiger partial charge in [-0.05, 0) is 39.0 Å². The topological polar surface area (TPSA) is 91.6 Å². The highest BCUT2D eigenvalue weighted by Gasteiger charge is 2.58. The fraction of sp³-hybridized carbons (Fsp3) is 0.619. The Morgan fingerprint density at radius 1 is 1.17 bits per heavy atom. The van der Waals surface area contributed by atoms with Gasteiger partial charge < -0.3 is 10.6 Å². The van der Waals surface area contributed by atoms with Crippen LogP contribution in [0.5, 0.6) is 0 Å². The molecule has 2 fully saturated rings. The van der Waals surface area contributed by atoms with Crippen molar-refractivity contribution in [3.63, 3.8) is 0 Å². The van der Waals surface area contributed by atoms with Crippen LogP contribution in [0.4, 0.5) is 0 Å². The molecule has 3 aliphatic rings. The van der Waals surface area contributed by atoms with Gasteiger partial charge in [0.1, 0.15) is 0 Å². The SMILES string of the molecule is CCNC(=NCc1c(C)nn(C)c1C)NCCN1C(=O)C2C3C=CC(C3)C2C1=O. The maximum Gasteiger partial charge on any atom is 0.233 e. The quantitative estimate of drug-likeness (QED) is 0.322. The van der Waals surface area contributed by atoms with Gasteiger partial charge in [0.15, 0.2) is 5.96 Å². The van der Waals surface area contributed by atoms with Crippen molar-refractivity contribution < 1.29 is 9.59 Å². The van der Waals surface area contributed by atoms with Crippen LogP contribution in [0, 0.1) is 37.5 Å². The minimum Gasteiger partial charge on any atom is -0.357 e. The Morgan fingerprint density at radius 3 is 2.38 bits per heavy atom. The van der Waals surface area contributed by atoms with Crippen molar-refractivity contribution in [2.24, 2.45) is 35.7 Å². The molecule has 0 spiro atoms. The van der Waals surface area contributed by atoms with Crippen LogP contribution in [0.3, 0.4) is 0 Å². The number of fused-ring (bicyclic) bond motifs is 5. The van der Waals surface area contributed by atoms with Gasteiger partial charge in [0, 0.05) is 37.9 Å². The van der Waals surface area contributed by atoms with Gasteiger partial charge in [-0.1, -0.05) is 12.2 Å². The lowest BCUT2D eigenvalue weighted by Crippen LogP contribution is -2.43. The van der Waals surface area contributed by atoms with Gasteiger partial charge in [-0.15, -0.1) is 0 Å². The third kappa shape index (κ3) is 3.34. The molecule has 29 heavy (non-hydrogen) atoms. The zero-order valence-corrected chi connectivity index (χ0v) is 17.6. The standard InChI is InChI=1S/C21H30N6O2/c1-5-22-21(24-11-16-12(2)25-26(4)13(16)3)23-8-9-27-19(28)17-14-6-7-15(10-14)18(17)20(27)29/h6-7,14-15,17-18H,5,8-11H2,1-4H3,(H2,22,23,24). The molecule has 2 aliphatic carbocycles. The largest absolute Gasteiger partial charge is 0.357 e. The minimum absolute atomic E-state index is 0.00204. The van der Waals surface area contributed by atoms with Crippen LogP contribution >= 0.6 is 0 Å². The van der Waals surface area contributed by atoms with E-state index in [1.165, 1.54) is 4.90 Å². The third-order valence-corrected chi connectivity index (χ3v) is 6.59. The number of nitrogens with one attached hydrogen (secondary N) is 2. The summed E-state index contributed by atoms with van der Waals surface area (Å²) in [6.45, 7) is 8.15. The summed E-state index contributed by atoms with van der Waals surface area (Å²) >= 11 is 0. The molecule has 1 aliphatic heterocycles. The summed E-state index contributed by atoms with van der Waals surface area (Å²) in [5.74, 6) is 0.931. The van der Waals surface area contributed by atoms with Gasteiger partial charge in [0.25, 0.3) is 0 Å². The van der Waals surface area contributed by atoms with E-state index < -0.39 is 0 Å². The van der Waals surface area contributed by atoms with E-state index in [1.807, 2.05) is 32.5 Å². The van der Waals surface area contributed by atoms with E-state index in [-0.39, 0.29) is 35.5 Å². The lowest BCUT2D eigenvalue weighted by Gasteiger charge is -2.18. The van der Waals surface area contributed by atoms with Crippen molar-refractivity contribution in [2.75, 3.05) is 19.6 Å². The highest BCUT2D eigenvalue weighted by atomic mass is 16.2. The van der Waals surface area contributed by atoms with Crippen molar-refractivity contribution in [1.82, 2.24) is 25.3 Å². The van der Waals surface area contributed by atoms with Crippen molar-refractivity contribution in [3.8, 4) is 0 Å². The maximum absolute atomic E-state index is 12.8. The number of allylic oxidation sites excluding steroid dienone is 2.